The van der Waals surface area contributed by atoms with Crippen LogP contribution in [-0.4, -0.2) is 15.8 Å². The van der Waals surface area contributed by atoms with E-state index in [-0.39, 0.29) is 0 Å². The fourth-order valence-electron chi connectivity index (χ4n) is 2.20. The molecule has 1 aromatic rings. The maximum Gasteiger partial charge on any atom is 0.167 e. The molecule has 2 aliphatic rings. The van der Waals surface area contributed by atoms with E-state index < -0.39 is 0 Å². The Labute approximate surface area is 92.2 Å². The zero-order chi connectivity index (χ0) is 10.3. The van der Waals surface area contributed by atoms with Gasteiger partial charge in [0.1, 0.15) is 11.5 Å². The number of anilines is 1. The molecule has 1 aromatic heterocycles. The summed E-state index contributed by atoms with van der Waals surface area (Å²) in [5, 5.41) is 0. The highest BCUT2D eigenvalue weighted by Gasteiger charge is 2.24. The molecule has 1 fully saturated rings. The maximum absolute atomic E-state index is 5.78. The van der Waals surface area contributed by atoms with E-state index in [4.69, 9.17) is 5.73 Å². The number of nitrogens with two attached hydrogens (primary N) is 1. The number of imidazole rings is 1. The molecule has 0 amide bonds. The van der Waals surface area contributed by atoms with E-state index in [1.165, 1.54) is 37.8 Å². The molecular weight excluding hydrogens is 210 g/mol. The molecule has 0 unspecified atom stereocenters. The first-order chi connectivity index (χ1) is 7.34. The summed E-state index contributed by atoms with van der Waals surface area (Å²) in [6.07, 6.45) is 5.08. The zero-order valence-corrected chi connectivity index (χ0v) is 9.10. The Morgan fingerprint density at radius 2 is 2.13 bits per heavy atom. The standard InChI is InChI=1S/C9H13N5S/c10-7-6-9(14-15-13-7)12-8(11-6)5-3-1-2-4-5/h5,14H,1-4H2,(H2,10,13)(H,11,12). The molecule has 1 saturated carbocycles. The van der Waals surface area contributed by atoms with Crippen molar-refractivity contribution in [2.24, 2.45) is 10.1 Å². The third kappa shape index (κ3) is 1.49. The first-order valence-corrected chi connectivity index (χ1v) is 5.97. The summed E-state index contributed by atoms with van der Waals surface area (Å²) in [6.45, 7) is 0. The number of fused-ring (bicyclic) bond motifs is 1. The lowest BCUT2D eigenvalue weighted by atomic mass is 10.1. The Morgan fingerprint density at radius 3 is 2.87 bits per heavy atom. The maximum atomic E-state index is 5.78. The average Bonchev–Trinajstić information content (AvgIpc) is 2.86. The van der Waals surface area contributed by atoms with E-state index >= 15 is 0 Å². The molecule has 0 bridgehead atoms. The molecule has 2 heterocycles. The van der Waals surface area contributed by atoms with Gasteiger partial charge in [0.2, 0.25) is 0 Å². The predicted molar refractivity (Wildman–Crippen MR) is 61.7 cm³/mol. The monoisotopic (exact) mass is 223 g/mol. The van der Waals surface area contributed by atoms with Crippen molar-refractivity contribution < 1.29 is 0 Å². The minimum atomic E-state index is 0.533. The zero-order valence-electron chi connectivity index (χ0n) is 8.29. The number of hydrogen-bond donors (Lipinski definition) is 3. The molecular formula is C9H13N5S. The Morgan fingerprint density at radius 1 is 1.33 bits per heavy atom. The van der Waals surface area contributed by atoms with E-state index in [2.05, 4.69) is 19.1 Å². The molecule has 4 N–H and O–H groups in total. The van der Waals surface area contributed by atoms with E-state index in [1.807, 2.05) is 0 Å². The highest BCUT2D eigenvalue weighted by molar-refractivity contribution is 7.99. The number of nitrogens with zero attached hydrogens (tertiary/aromatic N) is 2. The second kappa shape index (κ2) is 3.44. The van der Waals surface area contributed by atoms with Crippen molar-refractivity contribution in [2.75, 3.05) is 4.72 Å². The largest absolute Gasteiger partial charge is 0.381 e. The fraction of sp³-hybridized carbons (Fsp3) is 0.556. The minimum Gasteiger partial charge on any atom is -0.381 e. The van der Waals surface area contributed by atoms with Crippen molar-refractivity contribution in [3.05, 3.63) is 11.5 Å². The van der Waals surface area contributed by atoms with Gasteiger partial charge in [0.05, 0.1) is 12.1 Å². The quantitative estimate of drug-likeness (QED) is 0.634. The molecule has 1 aliphatic heterocycles. The molecule has 0 atom stereocenters. The van der Waals surface area contributed by atoms with Crippen LogP contribution in [0.5, 0.6) is 0 Å². The van der Waals surface area contributed by atoms with Gasteiger partial charge in [-0.25, -0.2) is 4.98 Å². The van der Waals surface area contributed by atoms with Crippen molar-refractivity contribution in [2.45, 2.75) is 31.6 Å². The van der Waals surface area contributed by atoms with Crippen molar-refractivity contribution in [3.63, 3.8) is 0 Å². The molecule has 0 radical (unpaired) electrons. The van der Waals surface area contributed by atoms with Crippen LogP contribution in [0, 0.1) is 0 Å². The number of amidine groups is 1. The van der Waals surface area contributed by atoms with Crippen LogP contribution in [0.3, 0.4) is 0 Å². The number of nitrogens with one attached hydrogen (secondary N) is 2. The topological polar surface area (TPSA) is 79.1 Å². The SMILES string of the molecule is NC1=NSNc2nc(C3CCCC3)[nH]c21. The summed E-state index contributed by atoms with van der Waals surface area (Å²) in [5.41, 5.74) is 6.62. The lowest BCUT2D eigenvalue weighted by molar-refractivity contribution is 0.678. The number of H-pyrrole nitrogens is 1. The number of aromatic amines is 1. The Balaban J connectivity index is 1.95. The Hall–Kier alpha value is -1.17. The van der Waals surface area contributed by atoms with Crippen LogP contribution in [0.4, 0.5) is 5.82 Å². The normalized spacial score (nSPS) is 20.9. The van der Waals surface area contributed by atoms with Crippen molar-refractivity contribution >= 4 is 23.8 Å². The molecule has 1 aliphatic carbocycles. The Kier molecular flexibility index (Phi) is 2.09. The second-order valence-corrected chi connectivity index (χ2v) is 4.57. The number of hydrogen-bond acceptors (Lipinski definition) is 5. The van der Waals surface area contributed by atoms with Crippen molar-refractivity contribution in [1.82, 2.24) is 9.97 Å². The van der Waals surface area contributed by atoms with E-state index in [0.717, 1.165) is 17.3 Å². The van der Waals surface area contributed by atoms with Crippen LogP contribution >= 0.6 is 12.1 Å². The van der Waals surface area contributed by atoms with Gasteiger partial charge >= 0.3 is 0 Å². The summed E-state index contributed by atoms with van der Waals surface area (Å²) in [6, 6.07) is 0. The lowest BCUT2D eigenvalue weighted by Gasteiger charge is -2.06. The summed E-state index contributed by atoms with van der Waals surface area (Å²) < 4.78 is 7.08. The summed E-state index contributed by atoms with van der Waals surface area (Å²) in [5.74, 6) is 3.00. The summed E-state index contributed by atoms with van der Waals surface area (Å²) >= 11 is 1.23. The minimum absolute atomic E-state index is 0.533. The third-order valence-corrected chi connectivity index (χ3v) is 3.58. The molecule has 0 aromatic carbocycles. The van der Waals surface area contributed by atoms with E-state index in [1.54, 1.807) is 0 Å². The molecule has 15 heavy (non-hydrogen) atoms. The smallest absolute Gasteiger partial charge is 0.167 e. The van der Waals surface area contributed by atoms with E-state index in [9.17, 15) is 0 Å². The first kappa shape index (κ1) is 9.08. The van der Waals surface area contributed by atoms with Crippen molar-refractivity contribution in [1.29, 1.82) is 0 Å². The van der Waals surface area contributed by atoms with Crippen LogP contribution in [-0.2, 0) is 0 Å². The second-order valence-electron chi connectivity index (χ2n) is 4.00. The number of aromatic nitrogens is 2. The van der Waals surface area contributed by atoms with Gasteiger partial charge in [0.25, 0.3) is 0 Å². The lowest BCUT2D eigenvalue weighted by Crippen LogP contribution is -2.17. The van der Waals surface area contributed by atoms with Crippen LogP contribution in [0.2, 0.25) is 0 Å². The molecule has 5 nitrogen and oxygen atoms in total. The molecule has 6 heteroatoms. The van der Waals surface area contributed by atoms with Gasteiger partial charge in [-0.1, -0.05) is 12.8 Å². The van der Waals surface area contributed by atoms with Crippen LogP contribution in [0.25, 0.3) is 0 Å². The summed E-state index contributed by atoms with van der Waals surface area (Å²) in [4.78, 5) is 7.82. The first-order valence-electron chi connectivity index (χ1n) is 5.20. The average molecular weight is 223 g/mol. The fourth-order valence-corrected chi connectivity index (χ4v) is 2.67. The highest BCUT2D eigenvalue weighted by Crippen LogP contribution is 2.34. The van der Waals surface area contributed by atoms with Gasteiger partial charge in [0, 0.05) is 5.92 Å². The predicted octanol–water partition coefficient (Wildman–Crippen LogP) is 1.76. The molecule has 0 saturated heterocycles. The van der Waals surface area contributed by atoms with Crippen molar-refractivity contribution in [3.8, 4) is 0 Å². The van der Waals surface area contributed by atoms with Gasteiger partial charge < -0.3 is 10.7 Å². The molecule has 0 spiro atoms. The van der Waals surface area contributed by atoms with Gasteiger partial charge in [-0.05, 0) is 12.8 Å². The van der Waals surface area contributed by atoms with Gasteiger partial charge in [0.15, 0.2) is 11.7 Å². The van der Waals surface area contributed by atoms with Gasteiger partial charge in [-0.2, -0.15) is 4.40 Å². The summed E-state index contributed by atoms with van der Waals surface area (Å²) in [7, 11) is 0. The van der Waals surface area contributed by atoms with Gasteiger partial charge in [-0.15, -0.1) is 0 Å². The molecule has 80 valence electrons. The highest BCUT2D eigenvalue weighted by atomic mass is 32.2. The molecule has 3 rings (SSSR count). The van der Waals surface area contributed by atoms with E-state index in [0.29, 0.717) is 11.8 Å². The van der Waals surface area contributed by atoms with Crippen LogP contribution in [0.1, 0.15) is 43.1 Å². The Bertz CT molecular complexity index is 405. The van der Waals surface area contributed by atoms with Crippen LogP contribution < -0.4 is 10.5 Å². The number of rotatable bonds is 1. The third-order valence-electron chi connectivity index (χ3n) is 3.01. The van der Waals surface area contributed by atoms with Crippen LogP contribution in [0.15, 0.2) is 4.40 Å². The van der Waals surface area contributed by atoms with Gasteiger partial charge in [-0.3, -0.25) is 4.72 Å².